The van der Waals surface area contributed by atoms with Gasteiger partial charge in [-0.1, -0.05) is 6.42 Å². The van der Waals surface area contributed by atoms with Crippen molar-refractivity contribution < 1.29 is 0 Å². The summed E-state index contributed by atoms with van der Waals surface area (Å²) in [5.74, 6) is 2.21. The van der Waals surface area contributed by atoms with Crippen LogP contribution in [-0.2, 0) is 0 Å². The predicted molar refractivity (Wildman–Crippen MR) is 61.7 cm³/mol. The number of nitrogens with two attached hydrogens (primary N) is 1. The molecule has 0 bridgehead atoms. The van der Waals surface area contributed by atoms with Crippen molar-refractivity contribution in [2.24, 2.45) is 5.92 Å². The second kappa shape index (κ2) is 4.47. The Morgan fingerprint density at radius 2 is 2.13 bits per heavy atom. The summed E-state index contributed by atoms with van der Waals surface area (Å²) in [6.07, 6.45) is 7.40. The topological polar surface area (TPSA) is 55.0 Å². The number of aromatic nitrogens is 2. The highest BCUT2D eigenvalue weighted by atomic mass is 15.2. The molecule has 0 spiro atoms. The van der Waals surface area contributed by atoms with E-state index in [9.17, 15) is 0 Å². The first kappa shape index (κ1) is 10.2. The van der Waals surface area contributed by atoms with Crippen LogP contribution in [-0.4, -0.2) is 23.1 Å². The molecule has 0 radical (unpaired) electrons. The third-order valence-corrected chi connectivity index (χ3v) is 3.09. The van der Waals surface area contributed by atoms with Crippen molar-refractivity contribution in [2.45, 2.75) is 26.2 Å². The smallest absolute Gasteiger partial charge is 0.171 e. The van der Waals surface area contributed by atoms with Gasteiger partial charge in [0.25, 0.3) is 0 Å². The molecule has 1 fully saturated rings. The van der Waals surface area contributed by atoms with Crippen LogP contribution in [0.5, 0.6) is 0 Å². The summed E-state index contributed by atoms with van der Waals surface area (Å²) >= 11 is 0. The van der Waals surface area contributed by atoms with E-state index in [1.165, 1.54) is 19.3 Å². The molecule has 1 heterocycles. The van der Waals surface area contributed by atoms with Gasteiger partial charge in [-0.05, 0) is 25.7 Å². The van der Waals surface area contributed by atoms with E-state index < -0.39 is 0 Å². The summed E-state index contributed by atoms with van der Waals surface area (Å²) < 4.78 is 0. The highest BCUT2D eigenvalue weighted by molar-refractivity contribution is 5.57. The molecule has 0 aliphatic heterocycles. The quantitative estimate of drug-likeness (QED) is 0.814. The molecule has 0 amide bonds. The minimum atomic E-state index is 0.540. The summed E-state index contributed by atoms with van der Waals surface area (Å²) in [6, 6.07) is 0. The minimum absolute atomic E-state index is 0.540. The number of hydrogen-bond acceptors (Lipinski definition) is 4. The molecule has 1 saturated carbocycles. The molecule has 0 atom stereocenters. The van der Waals surface area contributed by atoms with Gasteiger partial charge in [-0.15, -0.1) is 0 Å². The van der Waals surface area contributed by atoms with Gasteiger partial charge in [0.2, 0.25) is 0 Å². The third-order valence-electron chi connectivity index (χ3n) is 3.09. The lowest BCUT2D eigenvalue weighted by Gasteiger charge is -2.32. The van der Waals surface area contributed by atoms with Gasteiger partial charge in [-0.25, -0.2) is 9.97 Å². The Bertz CT molecular complexity index is 322. The Balaban J connectivity index is 2.07. The lowest BCUT2D eigenvalue weighted by Crippen LogP contribution is -2.33. The van der Waals surface area contributed by atoms with Crippen LogP contribution < -0.4 is 10.6 Å². The van der Waals surface area contributed by atoms with Gasteiger partial charge in [-0.2, -0.15) is 0 Å². The van der Waals surface area contributed by atoms with Crippen LogP contribution in [0.1, 0.15) is 26.2 Å². The second-order valence-electron chi connectivity index (χ2n) is 4.10. The SMILES string of the molecule is CCN(CC1CCC1)c1nccnc1N. The summed E-state index contributed by atoms with van der Waals surface area (Å²) in [5.41, 5.74) is 5.82. The zero-order chi connectivity index (χ0) is 10.7. The van der Waals surface area contributed by atoms with Gasteiger partial charge in [0.15, 0.2) is 11.6 Å². The fourth-order valence-corrected chi connectivity index (χ4v) is 1.94. The second-order valence-corrected chi connectivity index (χ2v) is 4.10. The van der Waals surface area contributed by atoms with Crippen LogP contribution in [0.25, 0.3) is 0 Å². The van der Waals surface area contributed by atoms with Crippen molar-refractivity contribution in [2.75, 3.05) is 23.7 Å². The van der Waals surface area contributed by atoms with Crippen LogP contribution in [0.4, 0.5) is 11.6 Å². The molecule has 1 aromatic heterocycles. The van der Waals surface area contributed by atoms with E-state index in [2.05, 4.69) is 21.8 Å². The molecular weight excluding hydrogens is 188 g/mol. The number of nitrogen functional groups attached to an aromatic ring is 1. The fourth-order valence-electron chi connectivity index (χ4n) is 1.94. The molecular formula is C11H18N4. The van der Waals surface area contributed by atoms with Crippen molar-refractivity contribution in [1.29, 1.82) is 0 Å². The van der Waals surface area contributed by atoms with Crippen molar-refractivity contribution in [3.8, 4) is 0 Å². The van der Waals surface area contributed by atoms with Gasteiger partial charge in [0.05, 0.1) is 0 Å². The number of rotatable bonds is 4. The van der Waals surface area contributed by atoms with E-state index in [0.29, 0.717) is 5.82 Å². The first-order valence-corrected chi connectivity index (χ1v) is 5.62. The first-order valence-electron chi connectivity index (χ1n) is 5.62. The van der Waals surface area contributed by atoms with Crippen LogP contribution in [0, 0.1) is 5.92 Å². The van der Waals surface area contributed by atoms with E-state index in [0.717, 1.165) is 24.8 Å². The van der Waals surface area contributed by atoms with Gasteiger partial charge in [-0.3, -0.25) is 0 Å². The molecule has 82 valence electrons. The van der Waals surface area contributed by atoms with Crippen molar-refractivity contribution in [1.82, 2.24) is 9.97 Å². The third kappa shape index (κ3) is 2.19. The molecule has 0 saturated heterocycles. The standard InChI is InChI=1S/C11H18N4/c1-2-15(8-9-4-3-5-9)11-10(12)13-6-7-14-11/h6-7,9H,2-5,8H2,1H3,(H2,12,13). The summed E-state index contributed by atoms with van der Waals surface area (Å²) in [4.78, 5) is 10.6. The van der Waals surface area contributed by atoms with E-state index >= 15 is 0 Å². The Morgan fingerprint density at radius 3 is 2.67 bits per heavy atom. The maximum absolute atomic E-state index is 5.82. The summed E-state index contributed by atoms with van der Waals surface area (Å²) in [7, 11) is 0. The van der Waals surface area contributed by atoms with Gasteiger partial charge in [0.1, 0.15) is 0 Å². The number of anilines is 2. The van der Waals surface area contributed by atoms with Crippen LogP contribution in [0.2, 0.25) is 0 Å². The fraction of sp³-hybridized carbons (Fsp3) is 0.636. The van der Waals surface area contributed by atoms with E-state index in [-0.39, 0.29) is 0 Å². The van der Waals surface area contributed by atoms with Crippen molar-refractivity contribution in [3.63, 3.8) is 0 Å². The summed E-state index contributed by atoms with van der Waals surface area (Å²) in [6.45, 7) is 4.14. The van der Waals surface area contributed by atoms with Crippen molar-refractivity contribution in [3.05, 3.63) is 12.4 Å². The monoisotopic (exact) mass is 206 g/mol. The van der Waals surface area contributed by atoms with Crippen molar-refractivity contribution >= 4 is 11.6 Å². The zero-order valence-electron chi connectivity index (χ0n) is 9.19. The van der Waals surface area contributed by atoms with Gasteiger partial charge >= 0.3 is 0 Å². The average molecular weight is 206 g/mol. The largest absolute Gasteiger partial charge is 0.381 e. The highest BCUT2D eigenvalue weighted by Gasteiger charge is 2.21. The maximum Gasteiger partial charge on any atom is 0.171 e. The molecule has 4 heteroatoms. The normalized spacial score (nSPS) is 16.1. The number of hydrogen-bond donors (Lipinski definition) is 1. The lowest BCUT2D eigenvalue weighted by molar-refractivity contribution is 0.318. The van der Waals surface area contributed by atoms with Crippen LogP contribution in [0.15, 0.2) is 12.4 Å². The van der Waals surface area contributed by atoms with Gasteiger partial charge < -0.3 is 10.6 Å². The predicted octanol–water partition coefficient (Wildman–Crippen LogP) is 1.69. The maximum atomic E-state index is 5.82. The Labute approximate surface area is 90.5 Å². The Kier molecular flexibility index (Phi) is 3.04. The van der Waals surface area contributed by atoms with Gasteiger partial charge in [0, 0.05) is 25.5 Å². The molecule has 4 nitrogen and oxygen atoms in total. The molecule has 2 N–H and O–H groups in total. The van der Waals surface area contributed by atoms with E-state index in [1.54, 1.807) is 12.4 Å². The molecule has 1 aliphatic carbocycles. The molecule has 2 rings (SSSR count). The van der Waals surface area contributed by atoms with Crippen LogP contribution >= 0.6 is 0 Å². The van der Waals surface area contributed by atoms with E-state index in [4.69, 9.17) is 5.73 Å². The molecule has 1 aliphatic rings. The molecule has 0 unspecified atom stereocenters. The van der Waals surface area contributed by atoms with Crippen LogP contribution in [0.3, 0.4) is 0 Å². The average Bonchev–Trinajstić information content (AvgIpc) is 2.19. The Morgan fingerprint density at radius 1 is 1.40 bits per heavy atom. The highest BCUT2D eigenvalue weighted by Crippen LogP contribution is 2.29. The zero-order valence-corrected chi connectivity index (χ0v) is 9.19. The molecule has 1 aromatic rings. The molecule has 15 heavy (non-hydrogen) atoms. The molecule has 0 aromatic carbocycles. The lowest BCUT2D eigenvalue weighted by atomic mass is 9.85. The number of nitrogens with zero attached hydrogens (tertiary/aromatic N) is 3. The summed E-state index contributed by atoms with van der Waals surface area (Å²) in [5, 5.41) is 0. The Hall–Kier alpha value is -1.32. The van der Waals surface area contributed by atoms with E-state index in [1.807, 2.05) is 0 Å². The minimum Gasteiger partial charge on any atom is -0.381 e. The first-order chi connectivity index (χ1) is 7.31.